The molecule has 0 radical (unpaired) electrons. The molecule has 9 nitrogen and oxygen atoms in total. The molecule has 0 bridgehead atoms. The molecule has 1 aromatic rings. The fourth-order valence-corrected chi connectivity index (χ4v) is 5.27. The van der Waals surface area contributed by atoms with E-state index in [0.717, 1.165) is 19.3 Å². The molecule has 174 valence electrons. The summed E-state index contributed by atoms with van der Waals surface area (Å²) in [5.74, 6) is 0.130. The van der Waals surface area contributed by atoms with Crippen LogP contribution in [0.1, 0.15) is 38.7 Å². The fourth-order valence-electron chi connectivity index (χ4n) is 4.04. The molecule has 4 rings (SSSR count). The van der Waals surface area contributed by atoms with Gasteiger partial charge in [-0.05, 0) is 30.9 Å². The van der Waals surface area contributed by atoms with E-state index >= 15 is 0 Å². The number of amidine groups is 1. The van der Waals surface area contributed by atoms with E-state index < -0.39 is 16.1 Å². The average Bonchev–Trinajstić information content (AvgIpc) is 3.55. The van der Waals surface area contributed by atoms with E-state index in [1.54, 1.807) is 29.2 Å². The number of sulfonamides is 1. The number of carbonyl (C=O) groups excluding carboxylic acids is 2. The van der Waals surface area contributed by atoms with Crippen LogP contribution < -0.4 is 10.0 Å². The lowest BCUT2D eigenvalue weighted by Gasteiger charge is -2.36. The van der Waals surface area contributed by atoms with Crippen LogP contribution in [0.3, 0.4) is 0 Å². The number of rotatable bonds is 7. The first-order valence-electron chi connectivity index (χ1n) is 11.3. The second kappa shape index (κ2) is 9.19. The third-order valence-corrected chi connectivity index (χ3v) is 7.76. The number of nitrogens with one attached hydrogen (secondary N) is 2. The average molecular weight is 462 g/mol. The van der Waals surface area contributed by atoms with E-state index in [4.69, 9.17) is 0 Å². The lowest BCUT2D eigenvalue weighted by Crippen LogP contribution is -2.54. The van der Waals surface area contributed by atoms with E-state index in [1.165, 1.54) is 0 Å². The summed E-state index contributed by atoms with van der Waals surface area (Å²) in [6, 6.07) is 6.35. The molecule has 2 N–H and O–H groups in total. The number of aliphatic imine (C=N–C) groups is 1. The van der Waals surface area contributed by atoms with E-state index in [0.29, 0.717) is 44.3 Å². The van der Waals surface area contributed by atoms with Crippen LogP contribution in [0, 0.1) is 5.92 Å². The molecule has 2 fully saturated rings. The van der Waals surface area contributed by atoms with Gasteiger partial charge in [0.1, 0.15) is 11.9 Å². The predicted octanol–water partition coefficient (Wildman–Crippen LogP) is 0.563. The zero-order valence-electron chi connectivity index (χ0n) is 18.6. The number of hydrogen-bond donors (Lipinski definition) is 2. The van der Waals surface area contributed by atoms with E-state index in [-0.39, 0.29) is 28.5 Å². The molecule has 10 heteroatoms. The van der Waals surface area contributed by atoms with E-state index in [1.807, 2.05) is 13.8 Å². The quantitative estimate of drug-likeness (QED) is 0.617. The molecule has 1 aliphatic carbocycles. The molecule has 0 aromatic heterocycles. The fraction of sp³-hybridized carbons (Fsp3) is 0.591. The van der Waals surface area contributed by atoms with Gasteiger partial charge in [-0.15, -0.1) is 0 Å². The van der Waals surface area contributed by atoms with Crippen molar-refractivity contribution in [3.8, 4) is 0 Å². The number of nitrogens with zero attached hydrogens (tertiary/aromatic N) is 3. The Morgan fingerprint density at radius 3 is 2.53 bits per heavy atom. The molecular formula is C22H31N5O4S. The van der Waals surface area contributed by atoms with Gasteiger partial charge < -0.3 is 10.2 Å². The lowest BCUT2D eigenvalue weighted by atomic mass is 9.97. The number of fused-ring (bicyclic) bond motifs is 1. The Morgan fingerprint density at radius 1 is 1.19 bits per heavy atom. The second-order valence-corrected chi connectivity index (χ2v) is 10.5. The number of amides is 2. The molecule has 2 heterocycles. The summed E-state index contributed by atoms with van der Waals surface area (Å²) in [7, 11) is -3.66. The largest absolute Gasteiger partial charge is 0.352 e. The zero-order chi connectivity index (χ0) is 22.9. The van der Waals surface area contributed by atoms with Crippen LogP contribution >= 0.6 is 0 Å². The van der Waals surface area contributed by atoms with Gasteiger partial charge >= 0.3 is 0 Å². The summed E-state index contributed by atoms with van der Waals surface area (Å²) in [4.78, 5) is 34.1. The Morgan fingerprint density at radius 2 is 1.88 bits per heavy atom. The van der Waals surface area contributed by atoms with Crippen molar-refractivity contribution in [1.82, 2.24) is 19.8 Å². The van der Waals surface area contributed by atoms with Crippen molar-refractivity contribution in [3.05, 3.63) is 29.8 Å². The molecule has 0 unspecified atom stereocenters. The maximum absolute atomic E-state index is 13.4. The number of benzene rings is 1. The van der Waals surface area contributed by atoms with Crippen molar-refractivity contribution < 1.29 is 18.0 Å². The van der Waals surface area contributed by atoms with E-state index in [9.17, 15) is 18.0 Å². The van der Waals surface area contributed by atoms with Gasteiger partial charge in [0.2, 0.25) is 11.8 Å². The Labute approximate surface area is 189 Å². The monoisotopic (exact) mass is 461 g/mol. The van der Waals surface area contributed by atoms with Gasteiger partial charge in [0, 0.05) is 37.8 Å². The van der Waals surface area contributed by atoms with Crippen LogP contribution in [0.25, 0.3) is 0 Å². The zero-order valence-corrected chi connectivity index (χ0v) is 19.4. The van der Waals surface area contributed by atoms with Gasteiger partial charge in [0.15, 0.2) is 0 Å². The van der Waals surface area contributed by atoms with Gasteiger partial charge in [-0.2, -0.15) is 0 Å². The first kappa shape index (κ1) is 22.7. The molecule has 3 aliphatic rings. The normalized spacial score (nSPS) is 23.3. The van der Waals surface area contributed by atoms with Gasteiger partial charge in [0.25, 0.3) is 10.0 Å². The van der Waals surface area contributed by atoms with Gasteiger partial charge in [-0.1, -0.05) is 32.4 Å². The number of piperazine rings is 1. The summed E-state index contributed by atoms with van der Waals surface area (Å²) in [5.41, 5.74) is 0.500. The third-order valence-electron chi connectivity index (χ3n) is 6.36. The van der Waals surface area contributed by atoms with Crippen LogP contribution in [-0.4, -0.2) is 80.7 Å². The van der Waals surface area contributed by atoms with Crippen molar-refractivity contribution in [2.24, 2.45) is 10.9 Å². The highest BCUT2D eigenvalue weighted by Crippen LogP contribution is 2.25. The molecule has 2 amide bonds. The molecule has 1 aromatic carbocycles. The highest BCUT2D eigenvalue weighted by Gasteiger charge is 2.35. The van der Waals surface area contributed by atoms with Crippen molar-refractivity contribution >= 4 is 27.7 Å². The highest BCUT2D eigenvalue weighted by molar-refractivity contribution is 7.90. The van der Waals surface area contributed by atoms with Crippen molar-refractivity contribution in [2.45, 2.75) is 50.1 Å². The molecule has 2 aliphatic heterocycles. The smallest absolute Gasteiger partial charge is 0.263 e. The standard InChI is InChI=1S/C22H31N5O4S/c1-3-15(2)20(24-21-17-6-4-5-7-18(17)32(30,31)25-21)22(29)27-12-10-26(11-13-27)14-19(28)23-16-8-9-16/h4-7,15-16,20H,3,8-14H2,1-2H3,(H,23,28)(H,24,25)/t15-,20-/m0/s1. The minimum Gasteiger partial charge on any atom is -0.352 e. The minimum absolute atomic E-state index is 0.0448. The topological polar surface area (TPSA) is 111 Å². The van der Waals surface area contributed by atoms with Crippen molar-refractivity contribution in [2.75, 3.05) is 32.7 Å². The van der Waals surface area contributed by atoms with Crippen LogP contribution in [0.5, 0.6) is 0 Å². The summed E-state index contributed by atoms with van der Waals surface area (Å²) >= 11 is 0. The van der Waals surface area contributed by atoms with Crippen LogP contribution in [-0.2, 0) is 19.6 Å². The third kappa shape index (κ3) is 4.96. The summed E-state index contributed by atoms with van der Waals surface area (Å²) in [6.45, 7) is 6.61. The summed E-state index contributed by atoms with van der Waals surface area (Å²) in [6.07, 6.45) is 2.87. The first-order valence-corrected chi connectivity index (χ1v) is 12.8. The van der Waals surface area contributed by atoms with Crippen LogP contribution in [0.15, 0.2) is 34.2 Å². The first-order chi connectivity index (χ1) is 15.3. The van der Waals surface area contributed by atoms with Crippen LogP contribution in [0.2, 0.25) is 0 Å². The molecule has 0 spiro atoms. The van der Waals surface area contributed by atoms with Gasteiger partial charge in [-0.25, -0.2) is 8.42 Å². The highest BCUT2D eigenvalue weighted by atomic mass is 32.2. The molecule has 1 saturated carbocycles. The van der Waals surface area contributed by atoms with E-state index in [2.05, 4.69) is 19.9 Å². The summed E-state index contributed by atoms with van der Waals surface area (Å²) < 4.78 is 27.4. The van der Waals surface area contributed by atoms with Crippen LogP contribution in [0.4, 0.5) is 0 Å². The maximum atomic E-state index is 13.4. The summed E-state index contributed by atoms with van der Waals surface area (Å²) in [5, 5.41) is 3.00. The Bertz CT molecular complexity index is 1010. The van der Waals surface area contributed by atoms with Gasteiger partial charge in [0.05, 0.1) is 11.4 Å². The molecule has 2 atom stereocenters. The van der Waals surface area contributed by atoms with Crippen molar-refractivity contribution in [1.29, 1.82) is 0 Å². The predicted molar refractivity (Wildman–Crippen MR) is 121 cm³/mol. The Kier molecular flexibility index (Phi) is 6.52. The molecule has 1 saturated heterocycles. The number of carbonyl (C=O) groups is 2. The van der Waals surface area contributed by atoms with Gasteiger partial charge in [-0.3, -0.25) is 24.2 Å². The lowest BCUT2D eigenvalue weighted by molar-refractivity contribution is -0.135. The Hall–Kier alpha value is -2.46. The second-order valence-electron chi connectivity index (χ2n) is 8.85. The SMILES string of the molecule is CC[C@H](C)[C@H](N=C1NS(=O)(=O)c2ccccc21)C(=O)N1CCN(CC(=O)NC2CC2)CC1. The number of hydrogen-bond acceptors (Lipinski definition) is 6. The molecule has 32 heavy (non-hydrogen) atoms. The maximum Gasteiger partial charge on any atom is 0.263 e. The molecular weight excluding hydrogens is 430 g/mol. The Balaban J connectivity index is 1.44. The minimum atomic E-state index is -3.66. The van der Waals surface area contributed by atoms with Crippen molar-refractivity contribution in [3.63, 3.8) is 0 Å².